The van der Waals surface area contributed by atoms with Gasteiger partial charge in [-0.2, -0.15) is 0 Å². The zero-order valence-corrected chi connectivity index (χ0v) is 8.91. The maximum Gasteiger partial charge on any atom is 0.0693 e. The van der Waals surface area contributed by atoms with Gasteiger partial charge in [0.2, 0.25) is 0 Å². The second-order valence-electron chi connectivity index (χ2n) is 4.67. The minimum absolute atomic E-state index is 0.117. The SMILES string of the molecule is CC1CC(N[C@H]2CCC[C@@H]2O)CCO1. The first kappa shape index (κ1) is 10.4. The Kier molecular flexibility index (Phi) is 3.42. The van der Waals surface area contributed by atoms with Crippen LogP contribution in [0.15, 0.2) is 0 Å². The Balaban J connectivity index is 1.78. The number of aliphatic hydroxyl groups excluding tert-OH is 1. The summed E-state index contributed by atoms with van der Waals surface area (Å²) in [5.74, 6) is 0. The van der Waals surface area contributed by atoms with Crippen molar-refractivity contribution in [1.29, 1.82) is 0 Å². The topological polar surface area (TPSA) is 41.5 Å². The predicted octanol–water partition coefficient (Wildman–Crippen LogP) is 1.06. The summed E-state index contributed by atoms with van der Waals surface area (Å²) in [4.78, 5) is 0. The summed E-state index contributed by atoms with van der Waals surface area (Å²) in [5.41, 5.74) is 0. The molecule has 0 aromatic carbocycles. The third-order valence-electron chi connectivity index (χ3n) is 3.41. The lowest BCUT2D eigenvalue weighted by molar-refractivity contribution is 0.00758. The number of hydrogen-bond acceptors (Lipinski definition) is 3. The molecule has 0 bridgehead atoms. The van der Waals surface area contributed by atoms with Crippen LogP contribution in [-0.2, 0) is 4.74 Å². The average molecular weight is 199 g/mol. The van der Waals surface area contributed by atoms with Crippen LogP contribution >= 0.6 is 0 Å². The van der Waals surface area contributed by atoms with Crippen molar-refractivity contribution in [3.63, 3.8) is 0 Å². The zero-order valence-electron chi connectivity index (χ0n) is 8.91. The molecule has 14 heavy (non-hydrogen) atoms. The van der Waals surface area contributed by atoms with Gasteiger partial charge >= 0.3 is 0 Å². The Morgan fingerprint density at radius 2 is 2.14 bits per heavy atom. The summed E-state index contributed by atoms with van der Waals surface area (Å²) in [6.07, 6.45) is 5.70. The van der Waals surface area contributed by atoms with Crippen molar-refractivity contribution >= 4 is 0 Å². The van der Waals surface area contributed by atoms with E-state index in [1.807, 2.05) is 0 Å². The van der Waals surface area contributed by atoms with E-state index in [1.165, 1.54) is 0 Å². The first-order valence-corrected chi connectivity index (χ1v) is 5.81. The third-order valence-corrected chi connectivity index (χ3v) is 3.41. The number of hydrogen-bond donors (Lipinski definition) is 2. The van der Waals surface area contributed by atoms with Crippen LogP contribution in [0.3, 0.4) is 0 Å². The highest BCUT2D eigenvalue weighted by Gasteiger charge is 2.28. The molecule has 2 fully saturated rings. The van der Waals surface area contributed by atoms with Crippen molar-refractivity contribution in [2.24, 2.45) is 0 Å². The molecule has 2 unspecified atom stereocenters. The first-order chi connectivity index (χ1) is 6.75. The Hall–Kier alpha value is -0.120. The monoisotopic (exact) mass is 199 g/mol. The third kappa shape index (κ3) is 2.47. The van der Waals surface area contributed by atoms with E-state index >= 15 is 0 Å². The van der Waals surface area contributed by atoms with E-state index in [0.29, 0.717) is 18.2 Å². The molecule has 1 saturated heterocycles. The summed E-state index contributed by atoms with van der Waals surface area (Å²) in [6.45, 7) is 2.99. The van der Waals surface area contributed by atoms with E-state index in [0.717, 1.165) is 38.7 Å². The van der Waals surface area contributed by atoms with Gasteiger partial charge in [-0.05, 0) is 39.0 Å². The molecule has 0 aromatic rings. The van der Waals surface area contributed by atoms with Gasteiger partial charge in [-0.3, -0.25) is 0 Å². The van der Waals surface area contributed by atoms with Crippen LogP contribution < -0.4 is 5.32 Å². The van der Waals surface area contributed by atoms with Gasteiger partial charge in [-0.15, -0.1) is 0 Å². The van der Waals surface area contributed by atoms with Crippen LogP contribution in [-0.4, -0.2) is 36.0 Å². The Morgan fingerprint density at radius 1 is 1.29 bits per heavy atom. The molecule has 1 saturated carbocycles. The molecule has 2 N–H and O–H groups in total. The van der Waals surface area contributed by atoms with E-state index in [9.17, 15) is 5.11 Å². The maximum absolute atomic E-state index is 9.69. The average Bonchev–Trinajstić information content (AvgIpc) is 2.52. The van der Waals surface area contributed by atoms with E-state index < -0.39 is 0 Å². The van der Waals surface area contributed by atoms with Crippen molar-refractivity contribution in [3.05, 3.63) is 0 Å². The largest absolute Gasteiger partial charge is 0.392 e. The van der Waals surface area contributed by atoms with Gasteiger partial charge in [0.15, 0.2) is 0 Å². The Bertz CT molecular complexity index is 186. The van der Waals surface area contributed by atoms with Crippen LogP contribution in [0, 0.1) is 0 Å². The molecule has 1 aliphatic carbocycles. The van der Waals surface area contributed by atoms with Gasteiger partial charge in [0.05, 0.1) is 12.2 Å². The molecule has 0 radical (unpaired) electrons. The summed E-state index contributed by atoms with van der Waals surface area (Å²) < 4.78 is 5.50. The summed E-state index contributed by atoms with van der Waals surface area (Å²) in [7, 11) is 0. The molecule has 4 atom stereocenters. The number of ether oxygens (including phenoxy) is 1. The number of aliphatic hydroxyl groups is 1. The molecule has 2 rings (SSSR count). The fourth-order valence-corrected chi connectivity index (χ4v) is 2.59. The van der Waals surface area contributed by atoms with Crippen molar-refractivity contribution in [2.45, 2.75) is 63.3 Å². The normalized spacial score (nSPS) is 44.1. The first-order valence-electron chi connectivity index (χ1n) is 5.81. The summed E-state index contributed by atoms with van der Waals surface area (Å²) in [5, 5.41) is 13.3. The maximum atomic E-state index is 9.69. The highest BCUT2D eigenvalue weighted by Crippen LogP contribution is 2.22. The van der Waals surface area contributed by atoms with E-state index in [-0.39, 0.29) is 6.10 Å². The molecule has 1 aliphatic heterocycles. The molecule has 0 spiro atoms. The lowest BCUT2D eigenvalue weighted by Crippen LogP contribution is -2.46. The minimum atomic E-state index is -0.117. The molecule has 3 nitrogen and oxygen atoms in total. The van der Waals surface area contributed by atoms with Crippen LogP contribution in [0.25, 0.3) is 0 Å². The van der Waals surface area contributed by atoms with Crippen molar-refractivity contribution in [3.8, 4) is 0 Å². The fraction of sp³-hybridized carbons (Fsp3) is 1.00. The number of nitrogens with one attached hydrogen (secondary N) is 1. The molecular weight excluding hydrogens is 178 g/mol. The van der Waals surface area contributed by atoms with Crippen LogP contribution in [0.4, 0.5) is 0 Å². The van der Waals surface area contributed by atoms with Gasteiger partial charge < -0.3 is 15.2 Å². The smallest absolute Gasteiger partial charge is 0.0693 e. The van der Waals surface area contributed by atoms with E-state index in [1.54, 1.807) is 0 Å². The lowest BCUT2D eigenvalue weighted by atomic mass is 10.0. The Morgan fingerprint density at radius 3 is 2.79 bits per heavy atom. The number of rotatable bonds is 2. The van der Waals surface area contributed by atoms with Crippen LogP contribution in [0.1, 0.15) is 39.0 Å². The standard InChI is InChI=1S/C11H21NO2/c1-8-7-9(5-6-14-8)12-10-3-2-4-11(10)13/h8-13H,2-7H2,1H3/t8?,9?,10-,11-/m0/s1. The quantitative estimate of drug-likeness (QED) is 0.698. The van der Waals surface area contributed by atoms with Crippen LogP contribution in [0.5, 0.6) is 0 Å². The van der Waals surface area contributed by atoms with E-state index in [2.05, 4.69) is 12.2 Å². The van der Waals surface area contributed by atoms with Crippen molar-refractivity contribution in [1.82, 2.24) is 5.32 Å². The molecule has 0 aromatic heterocycles. The van der Waals surface area contributed by atoms with Crippen molar-refractivity contribution < 1.29 is 9.84 Å². The van der Waals surface area contributed by atoms with E-state index in [4.69, 9.17) is 4.74 Å². The molecule has 1 heterocycles. The molecule has 82 valence electrons. The molecule has 2 aliphatic rings. The summed E-state index contributed by atoms with van der Waals surface area (Å²) in [6, 6.07) is 0.891. The van der Waals surface area contributed by atoms with Crippen molar-refractivity contribution in [2.75, 3.05) is 6.61 Å². The molecular formula is C11H21NO2. The highest BCUT2D eigenvalue weighted by molar-refractivity contribution is 4.87. The van der Waals surface area contributed by atoms with Gasteiger partial charge in [-0.1, -0.05) is 0 Å². The second kappa shape index (κ2) is 4.60. The van der Waals surface area contributed by atoms with Gasteiger partial charge in [-0.25, -0.2) is 0 Å². The van der Waals surface area contributed by atoms with Gasteiger partial charge in [0, 0.05) is 18.7 Å². The van der Waals surface area contributed by atoms with Crippen LogP contribution in [0.2, 0.25) is 0 Å². The molecule has 0 amide bonds. The Labute approximate surface area is 85.8 Å². The predicted molar refractivity (Wildman–Crippen MR) is 55.2 cm³/mol. The second-order valence-corrected chi connectivity index (χ2v) is 4.67. The lowest BCUT2D eigenvalue weighted by Gasteiger charge is -2.31. The zero-order chi connectivity index (χ0) is 9.97. The summed E-state index contributed by atoms with van der Waals surface area (Å²) >= 11 is 0. The fourth-order valence-electron chi connectivity index (χ4n) is 2.59. The minimum Gasteiger partial charge on any atom is -0.392 e. The van der Waals surface area contributed by atoms with Gasteiger partial charge in [0.25, 0.3) is 0 Å². The highest BCUT2D eigenvalue weighted by atomic mass is 16.5. The van der Waals surface area contributed by atoms with Gasteiger partial charge in [0.1, 0.15) is 0 Å². The molecule has 3 heteroatoms.